The van der Waals surface area contributed by atoms with Crippen LogP contribution in [-0.2, 0) is 14.8 Å². The largest absolute Gasteiger partial charge is 0.480 e. The predicted molar refractivity (Wildman–Crippen MR) is 75.7 cm³/mol. The zero-order valence-electron chi connectivity index (χ0n) is 9.92. The van der Waals surface area contributed by atoms with Crippen molar-refractivity contribution in [3.05, 3.63) is 27.8 Å². The first-order valence-electron chi connectivity index (χ1n) is 5.25. The van der Waals surface area contributed by atoms with E-state index in [9.17, 15) is 13.2 Å². The Morgan fingerprint density at radius 2 is 2.00 bits per heavy atom. The van der Waals surface area contributed by atoms with Gasteiger partial charge in [-0.25, -0.2) is 8.42 Å². The van der Waals surface area contributed by atoms with Crippen LogP contribution in [0.25, 0.3) is 0 Å². The van der Waals surface area contributed by atoms with Gasteiger partial charge in [0.15, 0.2) is 0 Å². The number of sulfonamides is 1. The van der Waals surface area contributed by atoms with E-state index in [-0.39, 0.29) is 10.8 Å². The molecule has 0 heterocycles. The van der Waals surface area contributed by atoms with Gasteiger partial charge in [-0.15, -0.1) is 0 Å². The zero-order chi connectivity index (χ0) is 13.9. The molecule has 7 heteroatoms. The van der Waals surface area contributed by atoms with Gasteiger partial charge in [0, 0.05) is 3.57 Å². The Hall–Kier alpha value is -0.670. The minimum Gasteiger partial charge on any atom is -0.480 e. The van der Waals surface area contributed by atoms with Gasteiger partial charge in [0.1, 0.15) is 6.04 Å². The van der Waals surface area contributed by atoms with Gasteiger partial charge < -0.3 is 5.11 Å². The van der Waals surface area contributed by atoms with Gasteiger partial charge in [-0.1, -0.05) is 19.9 Å². The highest BCUT2D eigenvalue weighted by atomic mass is 127. The number of halogens is 1. The Balaban J connectivity index is 3.05. The van der Waals surface area contributed by atoms with E-state index in [1.165, 1.54) is 12.1 Å². The molecule has 0 radical (unpaired) electrons. The van der Waals surface area contributed by atoms with Gasteiger partial charge in [0.2, 0.25) is 10.0 Å². The molecule has 1 aromatic carbocycles. The molecule has 0 bridgehead atoms. The molecule has 2 N–H and O–H groups in total. The highest BCUT2D eigenvalue weighted by Gasteiger charge is 2.27. The molecule has 0 aliphatic rings. The Kier molecular flexibility index (Phi) is 5.11. The fraction of sp³-hybridized carbons (Fsp3) is 0.364. The SMILES string of the molecule is CC(C)[C@@H](NS(=O)(=O)c1cccc(I)c1)C(=O)O. The summed E-state index contributed by atoms with van der Waals surface area (Å²) in [5, 5.41) is 8.98. The second-order valence-corrected chi connectivity index (χ2v) is 7.10. The fourth-order valence-electron chi connectivity index (χ4n) is 1.34. The summed E-state index contributed by atoms with van der Waals surface area (Å²) in [6.07, 6.45) is 0. The van der Waals surface area contributed by atoms with E-state index < -0.39 is 22.0 Å². The number of carboxylic acids is 1. The van der Waals surface area contributed by atoms with Gasteiger partial charge in [-0.3, -0.25) is 4.79 Å². The van der Waals surface area contributed by atoms with Crippen LogP contribution in [0, 0.1) is 9.49 Å². The van der Waals surface area contributed by atoms with E-state index in [1.54, 1.807) is 26.0 Å². The van der Waals surface area contributed by atoms with E-state index in [1.807, 2.05) is 22.6 Å². The van der Waals surface area contributed by atoms with Crippen LogP contribution in [0.4, 0.5) is 0 Å². The van der Waals surface area contributed by atoms with E-state index >= 15 is 0 Å². The second kappa shape index (κ2) is 5.98. The lowest BCUT2D eigenvalue weighted by atomic mass is 10.1. The summed E-state index contributed by atoms with van der Waals surface area (Å²) in [5.41, 5.74) is 0. The van der Waals surface area contributed by atoms with Crippen LogP contribution >= 0.6 is 22.6 Å². The summed E-state index contributed by atoms with van der Waals surface area (Å²) in [7, 11) is -3.81. The average molecular weight is 383 g/mol. The predicted octanol–water partition coefficient (Wildman–Crippen LogP) is 1.68. The molecule has 0 amide bonds. The van der Waals surface area contributed by atoms with Crippen molar-refractivity contribution in [2.75, 3.05) is 0 Å². The zero-order valence-corrected chi connectivity index (χ0v) is 12.9. The minimum atomic E-state index is -3.81. The van der Waals surface area contributed by atoms with Crippen LogP contribution in [0.5, 0.6) is 0 Å². The number of carboxylic acid groups (broad SMARTS) is 1. The first kappa shape index (κ1) is 15.4. The molecule has 0 spiro atoms. The lowest BCUT2D eigenvalue weighted by Gasteiger charge is -2.18. The molecule has 0 aliphatic heterocycles. The number of carbonyl (C=O) groups is 1. The molecule has 0 unspecified atom stereocenters. The summed E-state index contributed by atoms with van der Waals surface area (Å²) in [5.74, 6) is -1.51. The maximum Gasteiger partial charge on any atom is 0.322 e. The molecule has 0 aliphatic carbocycles. The van der Waals surface area contributed by atoms with Crippen molar-refractivity contribution >= 4 is 38.6 Å². The van der Waals surface area contributed by atoms with Crippen molar-refractivity contribution < 1.29 is 18.3 Å². The van der Waals surface area contributed by atoms with E-state index in [0.29, 0.717) is 0 Å². The van der Waals surface area contributed by atoms with Crippen molar-refractivity contribution in [3.63, 3.8) is 0 Å². The molecule has 0 fully saturated rings. The number of rotatable bonds is 5. The van der Waals surface area contributed by atoms with Crippen LogP contribution in [-0.4, -0.2) is 25.5 Å². The first-order chi connectivity index (χ1) is 8.24. The standard InChI is InChI=1S/C11H14INO4S/c1-7(2)10(11(14)15)13-18(16,17)9-5-3-4-8(12)6-9/h3-7,10,13H,1-2H3,(H,14,15)/t10-/m1/s1. The molecule has 0 aromatic heterocycles. The third-order valence-electron chi connectivity index (χ3n) is 2.32. The van der Waals surface area contributed by atoms with Crippen LogP contribution in [0.1, 0.15) is 13.8 Å². The summed E-state index contributed by atoms with van der Waals surface area (Å²) >= 11 is 2.00. The summed E-state index contributed by atoms with van der Waals surface area (Å²) < 4.78 is 27.0. The molecule has 1 aromatic rings. The van der Waals surface area contributed by atoms with E-state index in [0.717, 1.165) is 3.57 Å². The Morgan fingerprint density at radius 3 is 2.44 bits per heavy atom. The normalized spacial score (nSPS) is 13.6. The van der Waals surface area contributed by atoms with Crippen molar-refractivity contribution in [2.24, 2.45) is 5.92 Å². The molecule has 0 saturated heterocycles. The van der Waals surface area contributed by atoms with Gasteiger partial charge in [-0.2, -0.15) is 4.72 Å². The summed E-state index contributed by atoms with van der Waals surface area (Å²) in [6, 6.07) is 5.16. The Bertz CT molecular complexity index is 542. The molecule has 1 rings (SSSR count). The fourth-order valence-corrected chi connectivity index (χ4v) is 3.48. The smallest absolute Gasteiger partial charge is 0.322 e. The van der Waals surface area contributed by atoms with Gasteiger partial charge in [-0.05, 0) is 46.7 Å². The van der Waals surface area contributed by atoms with Gasteiger partial charge in [0.25, 0.3) is 0 Å². The highest BCUT2D eigenvalue weighted by molar-refractivity contribution is 14.1. The third-order valence-corrected chi connectivity index (χ3v) is 4.43. The van der Waals surface area contributed by atoms with E-state index in [4.69, 9.17) is 5.11 Å². The van der Waals surface area contributed by atoms with Crippen LogP contribution in [0.15, 0.2) is 29.2 Å². The molecular formula is C11H14INO4S. The maximum atomic E-state index is 12.0. The van der Waals surface area contributed by atoms with Crippen molar-refractivity contribution in [1.29, 1.82) is 0 Å². The van der Waals surface area contributed by atoms with Crippen molar-refractivity contribution in [2.45, 2.75) is 24.8 Å². The van der Waals surface area contributed by atoms with Crippen molar-refractivity contribution in [3.8, 4) is 0 Å². The lowest BCUT2D eigenvalue weighted by Crippen LogP contribution is -2.44. The first-order valence-corrected chi connectivity index (χ1v) is 7.81. The minimum absolute atomic E-state index is 0.0706. The highest BCUT2D eigenvalue weighted by Crippen LogP contribution is 2.15. The number of aliphatic carboxylic acids is 1. The molecule has 1 atom stereocenters. The van der Waals surface area contributed by atoms with Crippen LogP contribution in [0.2, 0.25) is 0 Å². The summed E-state index contributed by atoms with van der Waals surface area (Å²) in [6.45, 7) is 3.30. The Morgan fingerprint density at radius 1 is 1.39 bits per heavy atom. The maximum absolute atomic E-state index is 12.0. The Labute approximate surface area is 120 Å². The molecule has 18 heavy (non-hydrogen) atoms. The number of benzene rings is 1. The number of hydrogen-bond acceptors (Lipinski definition) is 3. The van der Waals surface area contributed by atoms with Crippen LogP contribution < -0.4 is 4.72 Å². The molecular weight excluding hydrogens is 369 g/mol. The second-order valence-electron chi connectivity index (χ2n) is 4.14. The van der Waals surface area contributed by atoms with Crippen LogP contribution in [0.3, 0.4) is 0 Å². The average Bonchev–Trinajstić information content (AvgIpc) is 2.25. The van der Waals surface area contributed by atoms with Gasteiger partial charge >= 0.3 is 5.97 Å². The molecule has 100 valence electrons. The lowest BCUT2D eigenvalue weighted by molar-refractivity contribution is -0.140. The van der Waals surface area contributed by atoms with Gasteiger partial charge in [0.05, 0.1) is 4.90 Å². The monoisotopic (exact) mass is 383 g/mol. The third kappa shape index (κ3) is 3.92. The number of nitrogens with one attached hydrogen (secondary N) is 1. The molecule has 0 saturated carbocycles. The van der Waals surface area contributed by atoms with Crippen molar-refractivity contribution in [1.82, 2.24) is 4.72 Å². The number of hydrogen-bond donors (Lipinski definition) is 2. The summed E-state index contributed by atoms with van der Waals surface area (Å²) in [4.78, 5) is 11.1. The van der Waals surface area contributed by atoms with E-state index in [2.05, 4.69) is 4.72 Å². The topological polar surface area (TPSA) is 83.5 Å². The quantitative estimate of drug-likeness (QED) is 0.758. The molecule has 5 nitrogen and oxygen atoms in total.